The molecule has 0 saturated carbocycles. The highest BCUT2D eigenvalue weighted by Gasteiger charge is 2.36. The van der Waals surface area contributed by atoms with Gasteiger partial charge < -0.3 is 15.4 Å². The number of likely N-dealkylation sites (N-methyl/N-ethyl adjacent to an activating group) is 1. The summed E-state index contributed by atoms with van der Waals surface area (Å²) in [6.45, 7) is 9.93. The van der Waals surface area contributed by atoms with Gasteiger partial charge in [-0.25, -0.2) is 0 Å². The Morgan fingerprint density at radius 3 is 2.59 bits per heavy atom. The van der Waals surface area contributed by atoms with Crippen LogP contribution in [0.2, 0.25) is 0 Å². The number of ether oxygens (including phenoxy) is 1. The van der Waals surface area contributed by atoms with Gasteiger partial charge in [-0.2, -0.15) is 0 Å². The molecular weight excluding hydrogens is 342 g/mol. The molecule has 1 aromatic carbocycles. The number of hydrogen-bond acceptors (Lipinski definition) is 4. The number of rotatable bonds is 8. The molecule has 2 rings (SSSR count). The van der Waals surface area contributed by atoms with E-state index in [2.05, 4.69) is 21.6 Å². The van der Waals surface area contributed by atoms with Crippen LogP contribution >= 0.6 is 0 Å². The van der Waals surface area contributed by atoms with Crippen LogP contribution in [0.25, 0.3) is 0 Å². The first-order valence-corrected chi connectivity index (χ1v) is 9.53. The van der Waals surface area contributed by atoms with Crippen LogP contribution in [0.15, 0.2) is 35.9 Å². The van der Waals surface area contributed by atoms with Crippen molar-refractivity contribution in [3.8, 4) is 5.75 Å². The molecule has 1 aliphatic heterocycles. The fraction of sp³-hybridized carbons (Fsp3) is 0.524. The molecule has 1 aromatic rings. The van der Waals surface area contributed by atoms with E-state index in [4.69, 9.17) is 4.74 Å². The molecule has 148 valence electrons. The van der Waals surface area contributed by atoms with Gasteiger partial charge in [0.1, 0.15) is 5.75 Å². The molecular formula is C21H31N3O3. The van der Waals surface area contributed by atoms with Crippen LogP contribution in [0.1, 0.15) is 32.8 Å². The molecule has 2 atom stereocenters. The van der Waals surface area contributed by atoms with Crippen LogP contribution in [0.3, 0.4) is 0 Å². The summed E-state index contributed by atoms with van der Waals surface area (Å²) in [7, 11) is 0. The number of hydrogen-bond donors (Lipinski definition) is 2. The number of nitrogens with zero attached hydrogens (tertiary/aromatic N) is 1. The molecule has 0 spiro atoms. The summed E-state index contributed by atoms with van der Waals surface area (Å²) < 4.78 is 5.54. The minimum absolute atomic E-state index is 0.0207. The maximum atomic E-state index is 12.4. The van der Waals surface area contributed by atoms with Crippen molar-refractivity contribution < 1.29 is 14.3 Å². The van der Waals surface area contributed by atoms with Gasteiger partial charge >= 0.3 is 0 Å². The molecule has 2 N–H and O–H groups in total. The monoisotopic (exact) mass is 373 g/mol. The molecule has 0 unspecified atom stereocenters. The first kappa shape index (κ1) is 21.0. The third kappa shape index (κ3) is 6.71. The van der Waals surface area contributed by atoms with Gasteiger partial charge in [-0.15, -0.1) is 0 Å². The van der Waals surface area contributed by atoms with E-state index in [0.717, 1.165) is 5.56 Å². The average Bonchev–Trinajstić information content (AvgIpc) is 3.02. The summed E-state index contributed by atoms with van der Waals surface area (Å²) in [5.41, 5.74) is 2.36. The zero-order chi connectivity index (χ0) is 19.8. The number of allylic oxidation sites excluding steroid dienone is 1. The number of carbonyl (C=O) groups excluding carboxylic acids is 2. The van der Waals surface area contributed by atoms with Crippen LogP contribution in [-0.2, 0) is 9.59 Å². The van der Waals surface area contributed by atoms with Gasteiger partial charge in [0.2, 0.25) is 5.91 Å². The van der Waals surface area contributed by atoms with E-state index < -0.39 is 0 Å². The van der Waals surface area contributed by atoms with Crippen molar-refractivity contribution in [3.63, 3.8) is 0 Å². The Hall–Kier alpha value is -2.34. The van der Waals surface area contributed by atoms with Gasteiger partial charge in [0.05, 0.1) is 6.04 Å². The van der Waals surface area contributed by atoms with Crippen molar-refractivity contribution in [3.05, 3.63) is 41.5 Å². The molecule has 0 aromatic heterocycles. The summed E-state index contributed by atoms with van der Waals surface area (Å²) in [5.74, 6) is 0.527. The molecule has 6 heteroatoms. The van der Waals surface area contributed by atoms with Crippen LogP contribution in [0.5, 0.6) is 5.75 Å². The van der Waals surface area contributed by atoms with Crippen LogP contribution in [0, 0.1) is 6.92 Å². The molecule has 0 bridgehead atoms. The lowest BCUT2D eigenvalue weighted by Gasteiger charge is -2.21. The number of benzene rings is 1. The molecule has 27 heavy (non-hydrogen) atoms. The maximum absolute atomic E-state index is 12.4. The topological polar surface area (TPSA) is 70.7 Å². The quantitative estimate of drug-likeness (QED) is 0.684. The fourth-order valence-electron chi connectivity index (χ4n) is 3.13. The summed E-state index contributed by atoms with van der Waals surface area (Å²) in [6.07, 6.45) is 2.72. The third-order valence-corrected chi connectivity index (χ3v) is 4.55. The lowest BCUT2D eigenvalue weighted by atomic mass is 10.1. The zero-order valence-corrected chi connectivity index (χ0v) is 16.7. The lowest BCUT2D eigenvalue weighted by Crippen LogP contribution is -2.43. The van der Waals surface area contributed by atoms with Crippen molar-refractivity contribution in [1.29, 1.82) is 0 Å². The largest absolute Gasteiger partial charge is 0.484 e. The highest BCUT2D eigenvalue weighted by Crippen LogP contribution is 2.19. The van der Waals surface area contributed by atoms with E-state index in [9.17, 15) is 9.59 Å². The van der Waals surface area contributed by atoms with E-state index in [0.29, 0.717) is 31.8 Å². The predicted molar refractivity (Wildman–Crippen MR) is 107 cm³/mol. The Balaban J connectivity index is 1.89. The van der Waals surface area contributed by atoms with E-state index in [1.807, 2.05) is 52.0 Å². The second-order valence-corrected chi connectivity index (χ2v) is 7.25. The highest BCUT2D eigenvalue weighted by atomic mass is 16.5. The number of likely N-dealkylation sites (tertiary alicyclic amines) is 1. The summed E-state index contributed by atoms with van der Waals surface area (Å²) in [5, 5.41) is 5.89. The number of aryl methyl sites for hydroxylation is 1. The Kier molecular flexibility index (Phi) is 7.85. The standard InChI is InChI=1S/C21H31N3O3/c1-5-22-21(26)19-12-17(13-24(19)11-10-15(2)3)23-20(25)14-27-18-8-6-16(4)7-9-18/h6-10,17,19H,5,11-14H2,1-4H3,(H,22,26)(H,23,25)/t17-,19-/m0/s1. The maximum Gasteiger partial charge on any atom is 0.258 e. The Bertz CT molecular complexity index is 666. The minimum Gasteiger partial charge on any atom is -0.484 e. The number of carbonyl (C=O) groups is 2. The minimum atomic E-state index is -0.219. The zero-order valence-electron chi connectivity index (χ0n) is 16.7. The molecule has 1 heterocycles. The van der Waals surface area contributed by atoms with E-state index in [1.165, 1.54) is 5.57 Å². The first-order chi connectivity index (χ1) is 12.9. The van der Waals surface area contributed by atoms with E-state index in [1.54, 1.807) is 0 Å². The molecule has 6 nitrogen and oxygen atoms in total. The number of amides is 2. The molecule has 1 fully saturated rings. The normalized spacial score (nSPS) is 19.4. The van der Waals surface area contributed by atoms with Gasteiger partial charge in [-0.3, -0.25) is 14.5 Å². The van der Waals surface area contributed by atoms with Gasteiger partial charge in [0.15, 0.2) is 6.61 Å². The van der Waals surface area contributed by atoms with Crippen LogP contribution in [0.4, 0.5) is 0 Å². The van der Waals surface area contributed by atoms with Crippen LogP contribution < -0.4 is 15.4 Å². The molecule has 0 radical (unpaired) electrons. The molecule has 2 amide bonds. The van der Waals surface area contributed by atoms with Gasteiger partial charge in [-0.1, -0.05) is 29.3 Å². The molecule has 1 aliphatic rings. The van der Waals surface area contributed by atoms with Crippen molar-refractivity contribution in [2.24, 2.45) is 0 Å². The lowest BCUT2D eigenvalue weighted by molar-refractivity contribution is -0.125. The summed E-state index contributed by atoms with van der Waals surface area (Å²) >= 11 is 0. The van der Waals surface area contributed by atoms with Crippen molar-refractivity contribution in [1.82, 2.24) is 15.5 Å². The average molecular weight is 373 g/mol. The van der Waals surface area contributed by atoms with E-state index in [-0.39, 0.29) is 30.5 Å². The number of nitrogens with one attached hydrogen (secondary N) is 2. The summed E-state index contributed by atoms with van der Waals surface area (Å²) in [6, 6.07) is 7.32. The SMILES string of the molecule is CCNC(=O)[C@@H]1C[C@H](NC(=O)COc2ccc(C)cc2)CN1CC=C(C)C. The van der Waals surface area contributed by atoms with E-state index >= 15 is 0 Å². The van der Waals surface area contributed by atoms with Gasteiger partial charge in [0, 0.05) is 25.7 Å². The summed E-state index contributed by atoms with van der Waals surface area (Å²) in [4.78, 5) is 26.7. The third-order valence-electron chi connectivity index (χ3n) is 4.55. The highest BCUT2D eigenvalue weighted by molar-refractivity contribution is 5.83. The Labute approximate surface area is 162 Å². The second kappa shape index (κ2) is 10.1. The van der Waals surface area contributed by atoms with Crippen LogP contribution in [-0.4, -0.2) is 55.0 Å². The Morgan fingerprint density at radius 1 is 1.26 bits per heavy atom. The van der Waals surface area contributed by atoms with Crippen molar-refractivity contribution in [2.45, 2.75) is 46.2 Å². The smallest absolute Gasteiger partial charge is 0.258 e. The molecule has 0 aliphatic carbocycles. The Morgan fingerprint density at radius 2 is 1.96 bits per heavy atom. The van der Waals surface area contributed by atoms with Crippen molar-refractivity contribution in [2.75, 3.05) is 26.2 Å². The second-order valence-electron chi connectivity index (χ2n) is 7.25. The van der Waals surface area contributed by atoms with Gasteiger partial charge in [-0.05, 0) is 46.2 Å². The van der Waals surface area contributed by atoms with Crippen molar-refractivity contribution >= 4 is 11.8 Å². The fourth-order valence-corrected chi connectivity index (χ4v) is 3.13. The molecule has 1 saturated heterocycles. The first-order valence-electron chi connectivity index (χ1n) is 9.53. The predicted octanol–water partition coefficient (Wildman–Crippen LogP) is 2.04. The van der Waals surface area contributed by atoms with Gasteiger partial charge in [0.25, 0.3) is 5.91 Å².